The van der Waals surface area contributed by atoms with Gasteiger partial charge in [-0.15, -0.1) is 0 Å². The van der Waals surface area contributed by atoms with Crippen molar-refractivity contribution in [2.45, 2.75) is 49.6 Å². The summed E-state index contributed by atoms with van der Waals surface area (Å²) in [5, 5.41) is 2.33. The van der Waals surface area contributed by atoms with E-state index < -0.39 is 15.8 Å². The number of nitrogens with zero attached hydrogens (tertiary/aromatic N) is 2. The molecule has 0 spiro atoms. The maximum atomic E-state index is 8.08. The Kier molecular flexibility index (Phi) is 23.3. The van der Waals surface area contributed by atoms with Gasteiger partial charge < -0.3 is 30.4 Å². The molecule has 2 heterocycles. The minimum atomic E-state index is -1.37. The summed E-state index contributed by atoms with van der Waals surface area (Å²) in [4.78, 5) is 9.80. The van der Waals surface area contributed by atoms with Crippen molar-refractivity contribution in [1.29, 1.82) is 0 Å². The van der Waals surface area contributed by atoms with Gasteiger partial charge in [0.15, 0.2) is 0 Å². The zero-order valence-electron chi connectivity index (χ0n) is 40.5. The average Bonchev–Trinajstić information content (AvgIpc) is 3.42. The fraction of sp³-hybridized carbons (Fsp3) is 0.207. The van der Waals surface area contributed by atoms with E-state index in [4.69, 9.17) is 59.8 Å². The number of hydrogen-bond donors (Lipinski definition) is 0. The summed E-state index contributed by atoms with van der Waals surface area (Å²) in [6.45, 7) is 0. The van der Waals surface area contributed by atoms with Gasteiger partial charge in [0.25, 0.3) is 0 Å². The van der Waals surface area contributed by atoms with Crippen molar-refractivity contribution in [1.82, 2.24) is 9.97 Å². The van der Waals surface area contributed by atoms with Crippen LogP contribution in [0.15, 0.2) is 194 Å². The van der Waals surface area contributed by atoms with Crippen LogP contribution in [0.3, 0.4) is 0 Å². The van der Waals surface area contributed by atoms with E-state index in [0.29, 0.717) is 36.4 Å². The van der Waals surface area contributed by atoms with Crippen LogP contribution in [0.1, 0.15) is 33.4 Å². The van der Waals surface area contributed by atoms with Crippen LogP contribution in [0, 0.1) is 0 Å². The van der Waals surface area contributed by atoms with Crippen molar-refractivity contribution in [2.75, 3.05) is 28.4 Å². The van der Waals surface area contributed by atoms with Crippen LogP contribution in [0.25, 0.3) is 22.6 Å². The molecule has 0 fully saturated rings. The van der Waals surface area contributed by atoms with Gasteiger partial charge in [0.05, 0.1) is 64.2 Å². The number of aromatic nitrogens is 2. The number of hydrogen-bond acceptors (Lipinski definition) is 6. The first-order chi connectivity index (χ1) is 34.8. The van der Waals surface area contributed by atoms with Gasteiger partial charge >= 0.3 is 34.5 Å². The Morgan fingerprint density at radius 2 is 0.648 bits per heavy atom. The molecule has 0 radical (unpaired) electrons. The monoisotopic (exact) mass is 1110 g/mol. The zero-order valence-corrected chi connectivity index (χ0v) is 45.8. The molecular weight excluding hydrogens is 1050 g/mol. The minimum Gasteiger partial charge on any atom is -0.676 e. The summed E-state index contributed by atoms with van der Waals surface area (Å²) >= 11 is -0.346. The molecule has 8 aromatic rings. The molecule has 0 aliphatic heterocycles. The first kappa shape index (κ1) is 55.1. The normalized spacial score (nSPS) is 11.6. The summed E-state index contributed by atoms with van der Waals surface area (Å²) in [5.41, 5.74) is 25.4. The second-order valence-corrected chi connectivity index (χ2v) is 24.2. The molecule has 0 unspecified atom stereocenters. The number of methoxy groups -OCH3 is 4. The molecular formula is C58H62Cl2N4O4P2Ru+2. The molecule has 0 aliphatic rings. The van der Waals surface area contributed by atoms with E-state index >= 15 is 0 Å². The molecule has 0 saturated heterocycles. The molecule has 2 N–H and O–H groups in total. The molecule has 2 aromatic heterocycles. The van der Waals surface area contributed by atoms with Gasteiger partial charge in [-0.05, 0) is 46.2 Å². The van der Waals surface area contributed by atoms with E-state index in [-0.39, 0.29) is 27.2 Å². The molecule has 2 atom stereocenters. The van der Waals surface area contributed by atoms with E-state index in [1.165, 1.54) is 32.9 Å². The largest absolute Gasteiger partial charge is 0.676 e. The molecule has 6 aromatic carbocycles. The Balaban J connectivity index is 0.000000326. The van der Waals surface area contributed by atoms with Crippen LogP contribution >= 0.6 is 35.2 Å². The van der Waals surface area contributed by atoms with E-state index in [2.05, 4.69) is 133 Å². The molecule has 13 heteroatoms. The summed E-state index contributed by atoms with van der Waals surface area (Å²) in [6, 6.07) is 66.4. The van der Waals surface area contributed by atoms with E-state index in [0.717, 1.165) is 46.9 Å². The Hall–Kier alpha value is -5.20. The van der Waals surface area contributed by atoms with E-state index in [1.807, 2.05) is 60.7 Å². The Morgan fingerprint density at radius 1 is 0.408 bits per heavy atom. The standard InChI is InChI=1S/C42H42N2O4P2.C16H18N2.2ClH.Ru/c1-45-37-25-35(49(27-31-17-9-5-10-18-31)28-32-19-11-6-12-20-32)39(41(43-37)47-3)40-36(26-38(46-2)44-42(40)48-4)50(29-33-21-13-7-14-22-33)30-34-23-15-8-16-24-34;17-15(11-13-7-3-1-4-8-13)16(18)12-14-9-5-2-6-10-14;;;/h5-26H,27-30H2,1-4H3;1-10,15-18H,11-12H2;2*1H;/q;-2;;;+4/t;15-,16-;;;/m.1.../s1. The number of halogens is 2. The van der Waals surface area contributed by atoms with Crippen molar-refractivity contribution < 1.29 is 34.1 Å². The van der Waals surface area contributed by atoms with Crippen LogP contribution in [-0.2, 0) is 52.6 Å². The van der Waals surface area contributed by atoms with Gasteiger partial charge in [0, 0.05) is 28.0 Å². The van der Waals surface area contributed by atoms with Crippen molar-refractivity contribution >= 4 is 45.8 Å². The molecule has 8 nitrogen and oxygen atoms in total. The summed E-state index contributed by atoms with van der Waals surface area (Å²) in [6.07, 6.45) is 4.91. The van der Waals surface area contributed by atoms with Gasteiger partial charge in [-0.3, -0.25) is 0 Å². The molecule has 0 bridgehead atoms. The molecule has 71 heavy (non-hydrogen) atoms. The van der Waals surface area contributed by atoms with Gasteiger partial charge in [0.1, 0.15) is 10.6 Å². The number of rotatable bonds is 20. The first-order valence-electron chi connectivity index (χ1n) is 23.2. The second kappa shape index (κ2) is 30.0. The van der Waals surface area contributed by atoms with Crippen LogP contribution in [0.4, 0.5) is 0 Å². The number of pyridine rings is 2. The fourth-order valence-electron chi connectivity index (χ4n) is 8.44. The predicted molar refractivity (Wildman–Crippen MR) is 298 cm³/mol. The van der Waals surface area contributed by atoms with Gasteiger partial charge in [-0.25, -0.2) is 0 Å². The molecule has 0 amide bonds. The van der Waals surface area contributed by atoms with Crippen molar-refractivity contribution in [3.63, 3.8) is 0 Å². The third-order valence-electron chi connectivity index (χ3n) is 11.9. The van der Waals surface area contributed by atoms with Gasteiger partial charge in [0.2, 0.25) is 23.5 Å². The van der Waals surface area contributed by atoms with Gasteiger partial charge in [-0.1, -0.05) is 182 Å². The molecule has 0 saturated carbocycles. The second-order valence-electron chi connectivity index (χ2n) is 16.7. The predicted octanol–water partition coefficient (Wildman–Crippen LogP) is 14.3. The molecule has 368 valence electrons. The smallest absolute Gasteiger partial charge is 0.0455 e. The maximum absolute atomic E-state index is 8.08. The number of ether oxygens (including phenoxy) is 4. The summed E-state index contributed by atoms with van der Waals surface area (Å²) in [7, 11) is 13.6. The summed E-state index contributed by atoms with van der Waals surface area (Å²) < 4.78 is 24.0. The quantitative estimate of drug-likeness (QED) is 0.0555. The van der Waals surface area contributed by atoms with Gasteiger partial charge in [-0.2, -0.15) is 22.1 Å². The summed E-state index contributed by atoms with van der Waals surface area (Å²) in [5.74, 6) is 2.03. The fourth-order valence-corrected chi connectivity index (χ4v) is 14.2. The average molecular weight is 1110 g/mol. The van der Waals surface area contributed by atoms with Crippen LogP contribution in [0.5, 0.6) is 23.5 Å². The number of benzene rings is 6. The Bertz CT molecular complexity index is 2490. The van der Waals surface area contributed by atoms with E-state index in [1.54, 1.807) is 28.4 Å². The van der Waals surface area contributed by atoms with Crippen LogP contribution in [0.2, 0.25) is 0 Å². The minimum absolute atomic E-state index is 0.346. The first-order valence-corrected chi connectivity index (χ1v) is 31.5. The van der Waals surface area contributed by atoms with Crippen LogP contribution < -0.4 is 29.6 Å². The Labute approximate surface area is 438 Å². The third kappa shape index (κ3) is 16.9. The SMILES string of the molecule is COc1cc([PH+](Cc2ccccc2)Cc2ccccc2)c(-c2c([PH+](Cc3ccccc3)Cc3ccccc3)cc(OC)nc2OC)c(OC)n1.[Cl][Ru+2][Cl].[NH-][C@H](Cc1ccccc1)[C@H]([NH-])Cc1ccccc1. The topological polar surface area (TPSA) is 110 Å². The Morgan fingerprint density at radius 3 is 0.873 bits per heavy atom. The van der Waals surface area contributed by atoms with Crippen molar-refractivity contribution in [3.8, 4) is 34.6 Å². The van der Waals surface area contributed by atoms with Crippen molar-refractivity contribution in [3.05, 3.63) is 239 Å². The zero-order chi connectivity index (χ0) is 50.2. The van der Waals surface area contributed by atoms with E-state index in [9.17, 15) is 0 Å². The third-order valence-corrected chi connectivity index (χ3v) is 17.5. The molecule has 8 rings (SSSR count). The van der Waals surface area contributed by atoms with Crippen molar-refractivity contribution in [2.24, 2.45) is 0 Å². The number of nitrogens with one attached hydrogen (secondary N) is 2. The maximum Gasteiger partial charge on any atom is -0.0455 e. The molecule has 0 aliphatic carbocycles. The van der Waals surface area contributed by atoms with Crippen LogP contribution in [-0.4, -0.2) is 50.5 Å².